The van der Waals surface area contributed by atoms with Gasteiger partial charge in [-0.1, -0.05) is 12.1 Å². The van der Waals surface area contributed by atoms with Crippen molar-refractivity contribution < 1.29 is 26.1 Å². The molecular formula is C9H10F3NO3S. The molecule has 2 N–H and O–H groups in total. The first-order valence-electron chi connectivity index (χ1n) is 4.51. The van der Waals surface area contributed by atoms with E-state index in [2.05, 4.69) is 0 Å². The monoisotopic (exact) mass is 269 g/mol. The highest BCUT2D eigenvalue weighted by atomic mass is 32.2. The summed E-state index contributed by atoms with van der Waals surface area (Å²) in [6.07, 6.45) is -4.43. The second-order valence-electron chi connectivity index (χ2n) is 3.43. The quantitative estimate of drug-likeness (QED) is 0.826. The number of hydrogen-bond acceptors (Lipinski definition) is 2. The molecule has 4 nitrogen and oxygen atoms in total. The van der Waals surface area contributed by atoms with E-state index in [0.717, 1.165) is 24.3 Å². The number of rotatable bonds is 3. The van der Waals surface area contributed by atoms with Crippen molar-refractivity contribution in [1.82, 2.24) is 4.72 Å². The van der Waals surface area contributed by atoms with Gasteiger partial charge in [-0.05, 0) is 24.6 Å². The Morgan fingerprint density at radius 2 is 1.71 bits per heavy atom. The lowest BCUT2D eigenvalue weighted by atomic mass is 10.1. The van der Waals surface area contributed by atoms with Gasteiger partial charge in [0.05, 0.1) is 5.56 Å². The van der Waals surface area contributed by atoms with Crippen LogP contribution in [0.15, 0.2) is 24.3 Å². The Hall–Kier alpha value is -1.12. The maximum absolute atomic E-state index is 12.2. The molecule has 0 amide bonds. The molecule has 0 aliphatic rings. The van der Waals surface area contributed by atoms with Crippen molar-refractivity contribution in [1.29, 1.82) is 0 Å². The van der Waals surface area contributed by atoms with E-state index in [1.807, 2.05) is 4.72 Å². The third-order valence-electron chi connectivity index (χ3n) is 2.06. The summed E-state index contributed by atoms with van der Waals surface area (Å²) in [6, 6.07) is 3.17. The fraction of sp³-hybridized carbons (Fsp3) is 0.333. The molecule has 1 aromatic carbocycles. The first kappa shape index (κ1) is 13.9. The predicted molar refractivity (Wildman–Crippen MR) is 54.5 cm³/mol. The van der Waals surface area contributed by atoms with Crippen LogP contribution in [-0.4, -0.2) is 13.0 Å². The molecule has 0 saturated carbocycles. The zero-order valence-corrected chi connectivity index (χ0v) is 9.51. The van der Waals surface area contributed by atoms with Crippen LogP contribution in [0.3, 0.4) is 0 Å². The summed E-state index contributed by atoms with van der Waals surface area (Å²) < 4.78 is 68.1. The van der Waals surface area contributed by atoms with Crippen molar-refractivity contribution in [2.75, 3.05) is 0 Å². The maximum atomic E-state index is 12.2. The lowest BCUT2D eigenvalue weighted by Gasteiger charge is -2.13. The van der Waals surface area contributed by atoms with Gasteiger partial charge >= 0.3 is 16.5 Å². The number of hydrogen-bond donors (Lipinski definition) is 2. The Kier molecular flexibility index (Phi) is 3.80. The third-order valence-corrected chi connectivity index (χ3v) is 2.72. The summed E-state index contributed by atoms with van der Waals surface area (Å²) in [7, 11) is -4.38. The molecule has 1 rings (SSSR count). The van der Waals surface area contributed by atoms with E-state index in [4.69, 9.17) is 4.55 Å². The summed E-state index contributed by atoms with van der Waals surface area (Å²) in [5, 5.41) is 0. The van der Waals surface area contributed by atoms with Gasteiger partial charge in [-0.3, -0.25) is 4.55 Å². The summed E-state index contributed by atoms with van der Waals surface area (Å²) in [5.74, 6) is 0. The van der Waals surface area contributed by atoms with Gasteiger partial charge in [-0.25, -0.2) is 0 Å². The molecule has 0 aliphatic heterocycles. The number of alkyl halides is 3. The summed E-state index contributed by atoms with van der Waals surface area (Å²) >= 11 is 0. The molecule has 1 unspecified atom stereocenters. The smallest absolute Gasteiger partial charge is 0.273 e. The first-order chi connectivity index (χ1) is 7.59. The molecule has 0 spiro atoms. The Bertz CT molecular complexity index is 481. The molecule has 1 aromatic rings. The van der Waals surface area contributed by atoms with Crippen molar-refractivity contribution in [2.24, 2.45) is 0 Å². The predicted octanol–water partition coefficient (Wildman–Crippen LogP) is 2.16. The lowest BCUT2D eigenvalue weighted by Crippen LogP contribution is -2.25. The van der Waals surface area contributed by atoms with E-state index in [0.29, 0.717) is 5.56 Å². The van der Waals surface area contributed by atoms with Crippen LogP contribution in [-0.2, 0) is 16.5 Å². The summed E-state index contributed by atoms with van der Waals surface area (Å²) in [5.41, 5.74) is -0.504. The van der Waals surface area contributed by atoms with Gasteiger partial charge in [0.2, 0.25) is 0 Å². The molecule has 8 heteroatoms. The Labute approximate surface area is 96.3 Å². The van der Waals surface area contributed by atoms with Crippen LogP contribution in [0, 0.1) is 0 Å². The van der Waals surface area contributed by atoms with E-state index < -0.39 is 28.1 Å². The van der Waals surface area contributed by atoms with Crippen LogP contribution < -0.4 is 4.72 Å². The highest BCUT2D eigenvalue weighted by Crippen LogP contribution is 2.29. The Balaban J connectivity index is 2.88. The van der Waals surface area contributed by atoms with Crippen LogP contribution in [0.2, 0.25) is 0 Å². The number of nitrogens with one attached hydrogen (secondary N) is 1. The van der Waals surface area contributed by atoms with Gasteiger partial charge in [0, 0.05) is 6.04 Å². The molecule has 0 heterocycles. The SMILES string of the molecule is CC(NS(=O)(=O)O)c1ccc(C(F)(F)F)cc1. The minimum absolute atomic E-state index is 0.315. The van der Waals surface area contributed by atoms with Crippen LogP contribution in [0.25, 0.3) is 0 Å². The second-order valence-corrected chi connectivity index (χ2v) is 4.62. The summed E-state index contributed by atoms with van der Waals surface area (Å²) in [4.78, 5) is 0. The molecule has 96 valence electrons. The molecule has 0 aliphatic carbocycles. The van der Waals surface area contributed by atoms with Crippen molar-refractivity contribution in [2.45, 2.75) is 19.1 Å². The van der Waals surface area contributed by atoms with Crippen LogP contribution in [0.4, 0.5) is 13.2 Å². The van der Waals surface area contributed by atoms with Crippen LogP contribution in [0.5, 0.6) is 0 Å². The van der Waals surface area contributed by atoms with Crippen molar-refractivity contribution in [3.63, 3.8) is 0 Å². The molecule has 0 fully saturated rings. The zero-order chi connectivity index (χ0) is 13.3. The molecule has 0 aromatic heterocycles. The van der Waals surface area contributed by atoms with Gasteiger partial charge in [0.25, 0.3) is 0 Å². The largest absolute Gasteiger partial charge is 0.416 e. The Morgan fingerprint density at radius 1 is 1.24 bits per heavy atom. The summed E-state index contributed by atoms with van der Waals surface area (Å²) in [6.45, 7) is 1.40. The first-order valence-corrected chi connectivity index (χ1v) is 5.95. The number of halogens is 3. The minimum atomic E-state index is -4.43. The van der Waals surface area contributed by atoms with E-state index in [-0.39, 0.29) is 0 Å². The fourth-order valence-electron chi connectivity index (χ4n) is 1.25. The van der Waals surface area contributed by atoms with E-state index in [9.17, 15) is 21.6 Å². The van der Waals surface area contributed by atoms with Crippen molar-refractivity contribution in [3.8, 4) is 0 Å². The lowest BCUT2D eigenvalue weighted by molar-refractivity contribution is -0.137. The average molecular weight is 269 g/mol. The topological polar surface area (TPSA) is 66.4 Å². The van der Waals surface area contributed by atoms with Gasteiger partial charge in [-0.2, -0.15) is 26.3 Å². The highest BCUT2D eigenvalue weighted by molar-refractivity contribution is 7.83. The number of benzene rings is 1. The molecule has 0 radical (unpaired) electrons. The van der Waals surface area contributed by atoms with E-state index >= 15 is 0 Å². The van der Waals surface area contributed by atoms with Gasteiger partial charge in [0.15, 0.2) is 0 Å². The van der Waals surface area contributed by atoms with Gasteiger partial charge in [-0.15, -0.1) is 0 Å². The highest BCUT2D eigenvalue weighted by Gasteiger charge is 2.30. The van der Waals surface area contributed by atoms with Crippen molar-refractivity contribution in [3.05, 3.63) is 35.4 Å². The normalized spacial score (nSPS) is 14.6. The van der Waals surface area contributed by atoms with E-state index in [1.165, 1.54) is 6.92 Å². The average Bonchev–Trinajstić information content (AvgIpc) is 2.14. The maximum Gasteiger partial charge on any atom is 0.416 e. The second kappa shape index (κ2) is 4.63. The van der Waals surface area contributed by atoms with Crippen molar-refractivity contribution >= 4 is 10.3 Å². The standard InChI is InChI=1S/C9H10F3NO3S/c1-6(13-17(14,15)16)7-2-4-8(5-3-7)9(10,11)12/h2-6,13H,1H3,(H,14,15,16). The third kappa shape index (κ3) is 4.33. The zero-order valence-electron chi connectivity index (χ0n) is 8.69. The minimum Gasteiger partial charge on any atom is -0.273 e. The van der Waals surface area contributed by atoms with E-state index in [1.54, 1.807) is 0 Å². The molecule has 0 bridgehead atoms. The Morgan fingerprint density at radius 3 is 2.06 bits per heavy atom. The van der Waals surface area contributed by atoms with Crippen LogP contribution in [0.1, 0.15) is 24.1 Å². The van der Waals surface area contributed by atoms with Gasteiger partial charge < -0.3 is 0 Å². The molecule has 1 atom stereocenters. The fourth-order valence-corrected chi connectivity index (χ4v) is 1.84. The molecule has 0 saturated heterocycles. The molecule has 17 heavy (non-hydrogen) atoms. The van der Waals surface area contributed by atoms with Gasteiger partial charge in [0.1, 0.15) is 0 Å². The molecular weight excluding hydrogens is 259 g/mol. The van der Waals surface area contributed by atoms with Crippen LogP contribution >= 0.6 is 0 Å².